The lowest BCUT2D eigenvalue weighted by molar-refractivity contribution is -0.113. The van der Waals surface area contributed by atoms with Gasteiger partial charge in [-0.25, -0.2) is 13.6 Å². The summed E-state index contributed by atoms with van der Waals surface area (Å²) in [5.74, 6) is -0.602. The summed E-state index contributed by atoms with van der Waals surface area (Å²) >= 11 is 5.33. The molecule has 0 saturated carbocycles. The maximum Gasteiger partial charge on any atom is 0.239 e. The molecule has 7 heteroatoms. The second kappa shape index (κ2) is 4.82. The molecule has 0 aromatic heterocycles. The Morgan fingerprint density at radius 1 is 1.50 bits per heavy atom. The van der Waals surface area contributed by atoms with E-state index in [1.807, 2.05) is 0 Å². The molecule has 0 heterocycles. The normalized spacial score (nSPS) is 11.2. The van der Waals surface area contributed by atoms with E-state index in [0.717, 1.165) is 5.56 Å². The van der Waals surface area contributed by atoms with Crippen molar-refractivity contribution >= 4 is 33.2 Å². The number of hydrogen-bond acceptors (Lipinski definition) is 3. The van der Waals surface area contributed by atoms with Crippen molar-refractivity contribution in [1.82, 2.24) is 0 Å². The number of sulfonamides is 1. The van der Waals surface area contributed by atoms with Crippen LogP contribution in [0.5, 0.6) is 0 Å². The summed E-state index contributed by atoms with van der Waals surface area (Å²) in [6, 6.07) is 4.24. The first-order valence-corrected chi connectivity index (χ1v) is 6.42. The zero-order chi connectivity index (χ0) is 12.3. The van der Waals surface area contributed by atoms with Gasteiger partial charge in [0.05, 0.1) is 4.90 Å². The fourth-order valence-corrected chi connectivity index (χ4v) is 1.70. The van der Waals surface area contributed by atoms with Crippen molar-refractivity contribution in [3.8, 4) is 0 Å². The van der Waals surface area contributed by atoms with Gasteiger partial charge in [-0.05, 0) is 24.6 Å². The largest absolute Gasteiger partial charge is 0.325 e. The van der Waals surface area contributed by atoms with Crippen LogP contribution in [0.15, 0.2) is 23.1 Å². The first kappa shape index (κ1) is 13.0. The summed E-state index contributed by atoms with van der Waals surface area (Å²) in [5.41, 5.74) is 1.11. The topological polar surface area (TPSA) is 89.3 Å². The van der Waals surface area contributed by atoms with Crippen LogP contribution < -0.4 is 10.5 Å². The quantitative estimate of drug-likeness (QED) is 0.791. The van der Waals surface area contributed by atoms with E-state index in [1.165, 1.54) is 12.1 Å². The van der Waals surface area contributed by atoms with Crippen LogP contribution in [0.3, 0.4) is 0 Å². The molecule has 0 unspecified atom stereocenters. The summed E-state index contributed by atoms with van der Waals surface area (Å²) in [5, 5.41) is 7.45. The number of carbonyl (C=O) groups excluding carboxylic acids is 1. The van der Waals surface area contributed by atoms with Gasteiger partial charge in [-0.15, -0.1) is 11.6 Å². The average Bonchev–Trinajstić information content (AvgIpc) is 2.19. The van der Waals surface area contributed by atoms with Crippen LogP contribution in [-0.4, -0.2) is 20.2 Å². The second-order valence-electron chi connectivity index (χ2n) is 3.20. The van der Waals surface area contributed by atoms with Crippen molar-refractivity contribution in [2.75, 3.05) is 11.2 Å². The van der Waals surface area contributed by atoms with Crippen molar-refractivity contribution in [2.45, 2.75) is 11.8 Å². The third kappa shape index (κ3) is 3.19. The SMILES string of the molecule is Cc1ccc(S(N)(=O)=O)cc1NC(=O)CCl. The number of halogens is 1. The van der Waals surface area contributed by atoms with Crippen LogP contribution >= 0.6 is 11.6 Å². The minimum Gasteiger partial charge on any atom is -0.325 e. The highest BCUT2D eigenvalue weighted by molar-refractivity contribution is 7.89. The van der Waals surface area contributed by atoms with E-state index in [2.05, 4.69) is 5.32 Å². The molecular formula is C9H11ClN2O3S. The van der Waals surface area contributed by atoms with Crippen molar-refractivity contribution in [3.63, 3.8) is 0 Å². The van der Waals surface area contributed by atoms with E-state index in [0.29, 0.717) is 5.69 Å². The Balaban J connectivity index is 3.14. The molecule has 0 bridgehead atoms. The van der Waals surface area contributed by atoms with Crippen molar-refractivity contribution in [3.05, 3.63) is 23.8 Å². The summed E-state index contributed by atoms with van der Waals surface area (Å²) in [6.07, 6.45) is 0. The molecule has 0 aliphatic rings. The van der Waals surface area contributed by atoms with Gasteiger partial charge in [-0.3, -0.25) is 4.79 Å². The van der Waals surface area contributed by atoms with Gasteiger partial charge in [0.25, 0.3) is 0 Å². The van der Waals surface area contributed by atoms with Crippen LogP contribution in [-0.2, 0) is 14.8 Å². The number of nitrogens with two attached hydrogens (primary N) is 1. The van der Waals surface area contributed by atoms with Crippen LogP contribution in [0.25, 0.3) is 0 Å². The zero-order valence-electron chi connectivity index (χ0n) is 8.53. The Bertz CT molecular complexity index is 513. The molecule has 0 fully saturated rings. The number of rotatable bonds is 3. The number of anilines is 1. The Hall–Kier alpha value is -1.11. The van der Waals surface area contributed by atoms with Crippen LogP contribution in [0.1, 0.15) is 5.56 Å². The van der Waals surface area contributed by atoms with E-state index in [-0.39, 0.29) is 10.8 Å². The molecular weight excluding hydrogens is 252 g/mol. The molecule has 1 aromatic carbocycles. The molecule has 16 heavy (non-hydrogen) atoms. The monoisotopic (exact) mass is 262 g/mol. The highest BCUT2D eigenvalue weighted by Gasteiger charge is 2.11. The standard InChI is InChI=1S/C9H11ClN2O3S/c1-6-2-3-7(16(11,14)15)4-8(6)12-9(13)5-10/h2-4H,5H2,1H3,(H,12,13)(H2,11,14,15). The van der Waals surface area contributed by atoms with Crippen LogP contribution in [0.4, 0.5) is 5.69 Å². The molecule has 0 aliphatic heterocycles. The summed E-state index contributed by atoms with van der Waals surface area (Å²) < 4.78 is 22.2. The summed E-state index contributed by atoms with van der Waals surface area (Å²) in [7, 11) is -3.77. The smallest absolute Gasteiger partial charge is 0.239 e. The Labute approximate surface area is 98.6 Å². The summed E-state index contributed by atoms with van der Waals surface area (Å²) in [6.45, 7) is 1.73. The molecule has 5 nitrogen and oxygen atoms in total. The van der Waals surface area contributed by atoms with Gasteiger partial charge < -0.3 is 5.32 Å². The molecule has 0 aliphatic carbocycles. The van der Waals surface area contributed by atoms with Crippen LogP contribution in [0.2, 0.25) is 0 Å². The lowest BCUT2D eigenvalue weighted by atomic mass is 10.2. The number of nitrogens with one attached hydrogen (secondary N) is 1. The van der Waals surface area contributed by atoms with Gasteiger partial charge in [0.1, 0.15) is 5.88 Å². The van der Waals surface area contributed by atoms with Crippen LogP contribution in [0, 0.1) is 6.92 Å². The Morgan fingerprint density at radius 2 is 2.12 bits per heavy atom. The van der Waals surface area contributed by atoms with Gasteiger partial charge in [0.2, 0.25) is 15.9 Å². The van der Waals surface area contributed by atoms with Gasteiger partial charge >= 0.3 is 0 Å². The molecule has 1 amide bonds. The maximum atomic E-state index is 11.1. The van der Waals surface area contributed by atoms with Gasteiger partial charge in [-0.2, -0.15) is 0 Å². The van der Waals surface area contributed by atoms with E-state index >= 15 is 0 Å². The van der Waals surface area contributed by atoms with Crippen molar-refractivity contribution in [1.29, 1.82) is 0 Å². The second-order valence-corrected chi connectivity index (χ2v) is 5.03. The molecule has 3 N–H and O–H groups in total. The molecule has 0 spiro atoms. The molecule has 0 saturated heterocycles. The fourth-order valence-electron chi connectivity index (χ4n) is 1.10. The minimum absolute atomic E-state index is 0.0528. The van der Waals surface area contributed by atoms with E-state index < -0.39 is 15.9 Å². The maximum absolute atomic E-state index is 11.1. The Kier molecular flexibility index (Phi) is 3.90. The molecule has 1 aromatic rings. The molecule has 0 radical (unpaired) electrons. The minimum atomic E-state index is -3.77. The number of hydrogen-bond donors (Lipinski definition) is 2. The predicted octanol–water partition coefficient (Wildman–Crippen LogP) is 0.820. The third-order valence-corrected chi connectivity index (χ3v) is 3.09. The lowest BCUT2D eigenvalue weighted by Gasteiger charge is -2.08. The van der Waals surface area contributed by atoms with Gasteiger partial charge in [-0.1, -0.05) is 6.07 Å². The Morgan fingerprint density at radius 3 is 2.62 bits per heavy atom. The third-order valence-electron chi connectivity index (χ3n) is 1.93. The summed E-state index contributed by atoms with van der Waals surface area (Å²) in [4.78, 5) is 11.0. The van der Waals surface area contributed by atoms with Gasteiger partial charge in [0.15, 0.2) is 0 Å². The zero-order valence-corrected chi connectivity index (χ0v) is 10.1. The highest BCUT2D eigenvalue weighted by atomic mass is 35.5. The van der Waals surface area contributed by atoms with E-state index in [1.54, 1.807) is 13.0 Å². The van der Waals surface area contributed by atoms with Crippen molar-refractivity contribution in [2.24, 2.45) is 5.14 Å². The predicted molar refractivity (Wildman–Crippen MR) is 61.9 cm³/mol. The number of carbonyl (C=O) groups is 1. The molecule has 88 valence electrons. The first-order valence-electron chi connectivity index (χ1n) is 4.34. The average molecular weight is 263 g/mol. The van der Waals surface area contributed by atoms with Crippen molar-refractivity contribution < 1.29 is 13.2 Å². The number of aryl methyl sites for hydroxylation is 1. The first-order chi connectivity index (χ1) is 7.34. The van der Waals surface area contributed by atoms with E-state index in [4.69, 9.17) is 16.7 Å². The number of benzene rings is 1. The molecule has 1 rings (SSSR count). The fraction of sp³-hybridized carbons (Fsp3) is 0.222. The number of alkyl halides is 1. The lowest BCUT2D eigenvalue weighted by Crippen LogP contribution is -2.16. The number of primary sulfonamides is 1. The van der Waals surface area contributed by atoms with Gasteiger partial charge in [0, 0.05) is 5.69 Å². The number of amides is 1. The molecule has 0 atom stereocenters. The van der Waals surface area contributed by atoms with E-state index in [9.17, 15) is 13.2 Å². The highest BCUT2D eigenvalue weighted by Crippen LogP contribution is 2.19.